The van der Waals surface area contributed by atoms with Gasteiger partial charge in [0.05, 0.1) is 40.6 Å². The minimum Gasteiger partial charge on any atom is -0.497 e. The first kappa shape index (κ1) is 29.0. The number of rotatable bonds is 11. The summed E-state index contributed by atoms with van der Waals surface area (Å²) >= 11 is 0. The molecule has 1 aliphatic heterocycles. The lowest BCUT2D eigenvalue weighted by Gasteiger charge is -2.38. The SMILES string of the molecule is COc1cc2c(c(OC)c1)C(Cc1ccc(OC)c(OC)c1)N(CCCOC(=O)Nc1ccc3ccccc3n1)CC2. The van der Waals surface area contributed by atoms with Crippen LogP contribution in [0.3, 0.4) is 0 Å². The first-order valence-corrected chi connectivity index (χ1v) is 14.0. The van der Waals surface area contributed by atoms with Gasteiger partial charge in [-0.3, -0.25) is 10.2 Å². The van der Waals surface area contributed by atoms with Crippen LogP contribution in [-0.4, -0.2) is 64.1 Å². The molecule has 0 saturated carbocycles. The van der Waals surface area contributed by atoms with Gasteiger partial charge in [-0.1, -0.05) is 24.3 Å². The number of methoxy groups -OCH3 is 4. The molecule has 0 fully saturated rings. The molecule has 0 bridgehead atoms. The number of hydrogen-bond acceptors (Lipinski definition) is 8. The van der Waals surface area contributed by atoms with Gasteiger partial charge >= 0.3 is 6.09 Å². The first-order chi connectivity index (χ1) is 20.5. The second-order valence-corrected chi connectivity index (χ2v) is 10.1. The maximum Gasteiger partial charge on any atom is 0.412 e. The molecule has 9 nitrogen and oxygen atoms in total. The molecule has 3 aromatic carbocycles. The molecule has 0 aliphatic carbocycles. The van der Waals surface area contributed by atoms with Crippen molar-refractivity contribution in [2.75, 3.05) is 53.5 Å². The Balaban J connectivity index is 1.27. The van der Waals surface area contributed by atoms with Crippen molar-refractivity contribution in [3.63, 3.8) is 0 Å². The number of anilines is 1. The minimum atomic E-state index is -0.516. The summed E-state index contributed by atoms with van der Waals surface area (Å²) < 4.78 is 27.9. The van der Waals surface area contributed by atoms with Gasteiger partial charge in [0.25, 0.3) is 0 Å². The Hall–Kier alpha value is -4.50. The molecular formula is C33H37N3O6. The third kappa shape index (κ3) is 6.52. The average molecular weight is 572 g/mol. The van der Waals surface area contributed by atoms with E-state index in [0.29, 0.717) is 23.7 Å². The molecule has 1 amide bonds. The summed E-state index contributed by atoms with van der Waals surface area (Å²) in [6.07, 6.45) is 1.76. The topological polar surface area (TPSA) is 91.4 Å². The lowest BCUT2D eigenvalue weighted by molar-refractivity contribution is 0.136. The van der Waals surface area contributed by atoms with E-state index in [1.807, 2.05) is 48.5 Å². The molecule has 1 atom stereocenters. The van der Waals surface area contributed by atoms with E-state index in [0.717, 1.165) is 59.5 Å². The molecule has 1 unspecified atom stereocenters. The summed E-state index contributed by atoms with van der Waals surface area (Å²) in [5.41, 5.74) is 4.30. The van der Waals surface area contributed by atoms with E-state index < -0.39 is 6.09 Å². The normalized spacial score (nSPS) is 14.6. The van der Waals surface area contributed by atoms with Gasteiger partial charge in [0.15, 0.2) is 11.5 Å². The Bertz CT molecular complexity index is 1520. The highest BCUT2D eigenvalue weighted by Crippen LogP contribution is 2.42. The highest BCUT2D eigenvalue weighted by molar-refractivity contribution is 5.86. The largest absolute Gasteiger partial charge is 0.497 e. The van der Waals surface area contributed by atoms with Crippen LogP contribution in [0.25, 0.3) is 10.9 Å². The molecule has 1 aromatic heterocycles. The molecule has 1 N–H and O–H groups in total. The molecular weight excluding hydrogens is 534 g/mol. The van der Waals surface area contributed by atoms with E-state index >= 15 is 0 Å². The van der Waals surface area contributed by atoms with Crippen LogP contribution in [0.15, 0.2) is 66.7 Å². The average Bonchev–Trinajstić information content (AvgIpc) is 3.02. The van der Waals surface area contributed by atoms with Gasteiger partial charge in [0.1, 0.15) is 17.3 Å². The summed E-state index contributed by atoms with van der Waals surface area (Å²) in [7, 11) is 6.64. The smallest absolute Gasteiger partial charge is 0.412 e. The number of pyridine rings is 1. The van der Waals surface area contributed by atoms with Crippen molar-refractivity contribution in [2.24, 2.45) is 0 Å². The highest BCUT2D eigenvalue weighted by Gasteiger charge is 2.31. The number of para-hydroxylation sites is 1. The van der Waals surface area contributed by atoms with Crippen LogP contribution in [0, 0.1) is 0 Å². The summed E-state index contributed by atoms with van der Waals surface area (Å²) in [5, 5.41) is 3.75. The fourth-order valence-electron chi connectivity index (χ4n) is 5.57. The van der Waals surface area contributed by atoms with Gasteiger partial charge < -0.3 is 23.7 Å². The molecule has 5 rings (SSSR count). The fourth-order valence-corrected chi connectivity index (χ4v) is 5.57. The predicted octanol–water partition coefficient (Wildman–Crippen LogP) is 6.05. The third-order valence-electron chi connectivity index (χ3n) is 7.63. The van der Waals surface area contributed by atoms with Gasteiger partial charge in [-0.15, -0.1) is 0 Å². The molecule has 2 heterocycles. The third-order valence-corrected chi connectivity index (χ3v) is 7.63. The number of carbonyl (C=O) groups excluding carboxylic acids is 1. The summed E-state index contributed by atoms with van der Waals surface area (Å²) in [4.78, 5) is 19.4. The van der Waals surface area contributed by atoms with E-state index in [1.54, 1.807) is 34.5 Å². The second-order valence-electron chi connectivity index (χ2n) is 10.1. The number of benzene rings is 3. The van der Waals surface area contributed by atoms with Crippen LogP contribution in [0.1, 0.15) is 29.2 Å². The summed E-state index contributed by atoms with van der Waals surface area (Å²) in [5.74, 6) is 3.43. The van der Waals surface area contributed by atoms with Gasteiger partial charge in [0.2, 0.25) is 0 Å². The van der Waals surface area contributed by atoms with Crippen LogP contribution in [0.4, 0.5) is 10.6 Å². The van der Waals surface area contributed by atoms with Crippen molar-refractivity contribution >= 4 is 22.8 Å². The van der Waals surface area contributed by atoms with E-state index in [4.69, 9.17) is 23.7 Å². The lowest BCUT2D eigenvalue weighted by Crippen LogP contribution is -2.38. The molecule has 0 saturated heterocycles. The molecule has 4 aromatic rings. The van der Waals surface area contributed by atoms with E-state index in [2.05, 4.69) is 27.3 Å². The first-order valence-electron chi connectivity index (χ1n) is 14.0. The Morgan fingerprint density at radius 1 is 0.905 bits per heavy atom. The van der Waals surface area contributed by atoms with Crippen molar-refractivity contribution in [1.29, 1.82) is 0 Å². The molecule has 42 heavy (non-hydrogen) atoms. The van der Waals surface area contributed by atoms with Gasteiger partial charge in [-0.05, 0) is 66.8 Å². The highest BCUT2D eigenvalue weighted by atomic mass is 16.5. The zero-order chi connectivity index (χ0) is 29.5. The molecule has 0 radical (unpaired) electrons. The Labute approximate surface area is 246 Å². The Kier molecular flexibility index (Phi) is 9.28. The van der Waals surface area contributed by atoms with E-state index in [1.165, 1.54) is 5.56 Å². The van der Waals surface area contributed by atoms with E-state index in [-0.39, 0.29) is 12.6 Å². The number of aromatic nitrogens is 1. The number of ether oxygens (including phenoxy) is 5. The van der Waals surface area contributed by atoms with Crippen LogP contribution in [0.5, 0.6) is 23.0 Å². The van der Waals surface area contributed by atoms with Crippen LogP contribution < -0.4 is 24.3 Å². The Morgan fingerprint density at radius 3 is 2.50 bits per heavy atom. The summed E-state index contributed by atoms with van der Waals surface area (Å²) in [6.45, 7) is 1.88. The van der Waals surface area contributed by atoms with Crippen molar-refractivity contribution < 1.29 is 28.5 Å². The number of fused-ring (bicyclic) bond motifs is 2. The van der Waals surface area contributed by atoms with Gasteiger partial charge in [0, 0.05) is 36.1 Å². The Morgan fingerprint density at radius 2 is 1.71 bits per heavy atom. The van der Waals surface area contributed by atoms with E-state index in [9.17, 15) is 4.79 Å². The maximum absolute atomic E-state index is 12.5. The van der Waals surface area contributed by atoms with Crippen molar-refractivity contribution in [3.8, 4) is 23.0 Å². The second kappa shape index (κ2) is 13.4. The standard InChI is InChI=1S/C33H37N3O6/c1-38-25-20-24-14-16-36(15-7-17-42-33(37)35-31-13-11-23-8-5-6-9-26(23)34-31)27(32(24)30(21-25)41-4)18-22-10-12-28(39-2)29(19-22)40-3/h5-6,8-13,19-21,27H,7,14-18H2,1-4H3,(H,34,35,37). The monoisotopic (exact) mass is 571 g/mol. The molecule has 1 aliphatic rings. The minimum absolute atomic E-state index is 0.0448. The number of carbonyl (C=O) groups is 1. The van der Waals surface area contributed by atoms with Crippen molar-refractivity contribution in [3.05, 3.63) is 83.4 Å². The number of amides is 1. The predicted molar refractivity (Wildman–Crippen MR) is 162 cm³/mol. The zero-order valence-corrected chi connectivity index (χ0v) is 24.5. The number of hydrogen-bond donors (Lipinski definition) is 1. The molecule has 220 valence electrons. The quantitative estimate of drug-likeness (QED) is 0.218. The fraction of sp³-hybridized carbons (Fsp3) is 0.333. The number of nitrogens with one attached hydrogen (secondary N) is 1. The van der Waals surface area contributed by atoms with Crippen LogP contribution in [0.2, 0.25) is 0 Å². The molecule has 9 heteroatoms. The van der Waals surface area contributed by atoms with Crippen LogP contribution >= 0.6 is 0 Å². The summed E-state index contributed by atoms with van der Waals surface area (Å²) in [6, 6.07) is 21.6. The van der Waals surface area contributed by atoms with Gasteiger partial charge in [-0.25, -0.2) is 9.78 Å². The zero-order valence-electron chi connectivity index (χ0n) is 24.5. The van der Waals surface area contributed by atoms with Crippen molar-refractivity contribution in [1.82, 2.24) is 9.88 Å². The van der Waals surface area contributed by atoms with Crippen LogP contribution in [-0.2, 0) is 17.6 Å². The van der Waals surface area contributed by atoms with Crippen molar-refractivity contribution in [2.45, 2.75) is 25.3 Å². The van der Waals surface area contributed by atoms with Gasteiger partial charge in [-0.2, -0.15) is 0 Å². The maximum atomic E-state index is 12.5. The molecule has 0 spiro atoms. The number of nitrogens with zero attached hydrogens (tertiary/aromatic N) is 2. The lowest BCUT2D eigenvalue weighted by atomic mass is 9.87.